The Bertz CT molecular complexity index is 896. The van der Waals surface area contributed by atoms with E-state index in [0.717, 1.165) is 17.0 Å². The lowest BCUT2D eigenvalue weighted by Crippen LogP contribution is -2.29. The second-order valence-corrected chi connectivity index (χ2v) is 6.00. The number of rotatable bonds is 4. The standard InChI is InChI=1S/C19H16F2N2O4/c1-27-19(26)12-5-2-3-8-15(12)22-18(25)11-9-16(24)23(10-11)17-13(20)6-4-7-14(17)21/h2-8,11H,9-10H2,1H3,(H,22,25). The fourth-order valence-electron chi connectivity index (χ4n) is 2.96. The molecule has 1 saturated heterocycles. The Morgan fingerprint density at radius 1 is 1.11 bits per heavy atom. The number of hydrogen-bond acceptors (Lipinski definition) is 4. The van der Waals surface area contributed by atoms with Gasteiger partial charge < -0.3 is 15.0 Å². The molecule has 0 bridgehead atoms. The number of esters is 1. The van der Waals surface area contributed by atoms with Gasteiger partial charge in [-0.15, -0.1) is 0 Å². The molecule has 3 rings (SSSR count). The molecular weight excluding hydrogens is 358 g/mol. The molecule has 2 aromatic rings. The number of hydrogen-bond donors (Lipinski definition) is 1. The van der Waals surface area contributed by atoms with Crippen LogP contribution >= 0.6 is 0 Å². The van der Waals surface area contributed by atoms with Crippen molar-refractivity contribution in [1.82, 2.24) is 0 Å². The molecule has 8 heteroatoms. The second kappa shape index (κ2) is 7.53. The van der Waals surface area contributed by atoms with Crippen molar-refractivity contribution in [3.63, 3.8) is 0 Å². The number of carbonyl (C=O) groups is 3. The number of nitrogens with one attached hydrogen (secondary N) is 1. The van der Waals surface area contributed by atoms with Crippen LogP contribution in [0.3, 0.4) is 0 Å². The van der Waals surface area contributed by atoms with E-state index < -0.39 is 41.0 Å². The first-order chi connectivity index (χ1) is 12.9. The number of anilines is 2. The van der Waals surface area contributed by atoms with Gasteiger partial charge in [-0.1, -0.05) is 18.2 Å². The lowest BCUT2D eigenvalue weighted by atomic mass is 10.1. The quantitative estimate of drug-likeness (QED) is 0.835. The fourth-order valence-corrected chi connectivity index (χ4v) is 2.96. The summed E-state index contributed by atoms with van der Waals surface area (Å²) in [7, 11) is 1.22. The third kappa shape index (κ3) is 3.64. The highest BCUT2D eigenvalue weighted by molar-refractivity contribution is 6.06. The van der Waals surface area contributed by atoms with Gasteiger partial charge in [-0.25, -0.2) is 13.6 Å². The zero-order valence-corrected chi connectivity index (χ0v) is 14.4. The van der Waals surface area contributed by atoms with E-state index in [1.807, 2.05) is 0 Å². The van der Waals surface area contributed by atoms with Crippen LogP contribution in [0.15, 0.2) is 42.5 Å². The van der Waals surface area contributed by atoms with Crippen molar-refractivity contribution in [3.05, 3.63) is 59.7 Å². The van der Waals surface area contributed by atoms with E-state index in [2.05, 4.69) is 10.1 Å². The number of ether oxygens (including phenoxy) is 1. The number of para-hydroxylation sites is 2. The first-order valence-corrected chi connectivity index (χ1v) is 8.15. The molecule has 6 nitrogen and oxygen atoms in total. The molecule has 27 heavy (non-hydrogen) atoms. The SMILES string of the molecule is COC(=O)c1ccccc1NC(=O)C1CC(=O)N(c2c(F)cccc2F)C1. The average Bonchev–Trinajstić information content (AvgIpc) is 3.03. The minimum Gasteiger partial charge on any atom is -0.465 e. The van der Waals surface area contributed by atoms with Crippen molar-refractivity contribution in [2.24, 2.45) is 5.92 Å². The zero-order valence-electron chi connectivity index (χ0n) is 14.4. The lowest BCUT2D eigenvalue weighted by molar-refractivity contribution is -0.122. The fraction of sp³-hybridized carbons (Fsp3) is 0.211. The zero-order chi connectivity index (χ0) is 19.6. The average molecular weight is 374 g/mol. The Morgan fingerprint density at radius 2 is 1.78 bits per heavy atom. The molecule has 2 amide bonds. The maximum Gasteiger partial charge on any atom is 0.339 e. The van der Waals surface area contributed by atoms with E-state index in [1.165, 1.54) is 25.3 Å². The van der Waals surface area contributed by atoms with E-state index in [0.29, 0.717) is 0 Å². The molecule has 0 aliphatic carbocycles. The topological polar surface area (TPSA) is 75.7 Å². The van der Waals surface area contributed by atoms with Gasteiger partial charge in [0, 0.05) is 13.0 Å². The largest absolute Gasteiger partial charge is 0.465 e. The predicted octanol–water partition coefficient (Wildman–Crippen LogP) is 2.74. The molecule has 1 atom stereocenters. The number of halogens is 2. The number of methoxy groups -OCH3 is 1. The molecule has 1 aliphatic heterocycles. The van der Waals surface area contributed by atoms with Crippen LogP contribution in [0.25, 0.3) is 0 Å². The van der Waals surface area contributed by atoms with Gasteiger partial charge in [-0.3, -0.25) is 9.59 Å². The molecule has 140 valence electrons. The minimum atomic E-state index is -0.875. The number of amides is 2. The molecule has 1 aliphatic rings. The highest BCUT2D eigenvalue weighted by Gasteiger charge is 2.37. The molecule has 0 saturated carbocycles. The van der Waals surface area contributed by atoms with Gasteiger partial charge in [0.15, 0.2) is 0 Å². The van der Waals surface area contributed by atoms with Gasteiger partial charge in [0.2, 0.25) is 11.8 Å². The van der Waals surface area contributed by atoms with Crippen molar-refractivity contribution in [1.29, 1.82) is 0 Å². The molecule has 1 unspecified atom stereocenters. The van der Waals surface area contributed by atoms with Crippen LogP contribution in [0.4, 0.5) is 20.2 Å². The van der Waals surface area contributed by atoms with E-state index >= 15 is 0 Å². The summed E-state index contributed by atoms with van der Waals surface area (Å²) < 4.78 is 32.6. The lowest BCUT2D eigenvalue weighted by Gasteiger charge is -2.18. The van der Waals surface area contributed by atoms with E-state index in [4.69, 9.17) is 0 Å². The first kappa shape index (κ1) is 18.5. The van der Waals surface area contributed by atoms with Crippen molar-refractivity contribution >= 4 is 29.2 Å². The van der Waals surface area contributed by atoms with Crippen LogP contribution in [-0.4, -0.2) is 31.4 Å². The molecule has 0 radical (unpaired) electrons. The normalized spacial score (nSPS) is 16.3. The third-order valence-electron chi connectivity index (χ3n) is 4.29. The molecule has 0 aromatic heterocycles. The maximum absolute atomic E-state index is 13.9. The van der Waals surface area contributed by atoms with Gasteiger partial charge in [0.25, 0.3) is 0 Å². The Balaban J connectivity index is 1.78. The van der Waals surface area contributed by atoms with Crippen LogP contribution in [0.5, 0.6) is 0 Å². The summed E-state index contributed by atoms with van der Waals surface area (Å²) in [5.74, 6) is -4.27. The number of carbonyl (C=O) groups excluding carboxylic acids is 3. The van der Waals surface area contributed by atoms with Crippen molar-refractivity contribution in [3.8, 4) is 0 Å². The maximum atomic E-state index is 13.9. The summed E-state index contributed by atoms with van der Waals surface area (Å²) in [6.45, 7) is -0.164. The smallest absolute Gasteiger partial charge is 0.339 e. The van der Waals surface area contributed by atoms with Gasteiger partial charge in [-0.05, 0) is 24.3 Å². The molecule has 0 spiro atoms. The summed E-state index contributed by atoms with van der Waals surface area (Å²) in [6, 6.07) is 9.55. The Kier molecular flexibility index (Phi) is 5.16. The molecule has 1 heterocycles. The van der Waals surface area contributed by atoms with Crippen LogP contribution in [0.2, 0.25) is 0 Å². The third-order valence-corrected chi connectivity index (χ3v) is 4.29. The predicted molar refractivity (Wildman–Crippen MR) is 93.2 cm³/mol. The van der Waals surface area contributed by atoms with Crippen molar-refractivity contribution < 1.29 is 27.9 Å². The molecule has 1 N–H and O–H groups in total. The summed E-state index contributed by atoms with van der Waals surface area (Å²) in [4.78, 5) is 37.5. The Labute approximate surface area is 153 Å². The van der Waals surface area contributed by atoms with Gasteiger partial charge >= 0.3 is 5.97 Å². The highest BCUT2D eigenvalue weighted by Crippen LogP contribution is 2.30. The van der Waals surface area contributed by atoms with Crippen LogP contribution in [0, 0.1) is 17.6 Å². The summed E-state index contributed by atoms with van der Waals surface area (Å²) in [5, 5.41) is 2.58. The number of nitrogens with zero attached hydrogens (tertiary/aromatic N) is 1. The Hall–Kier alpha value is -3.29. The number of benzene rings is 2. The van der Waals surface area contributed by atoms with Gasteiger partial charge in [-0.2, -0.15) is 0 Å². The monoisotopic (exact) mass is 374 g/mol. The second-order valence-electron chi connectivity index (χ2n) is 6.00. The van der Waals surface area contributed by atoms with E-state index in [-0.39, 0.29) is 24.2 Å². The van der Waals surface area contributed by atoms with Gasteiger partial charge in [0.05, 0.1) is 24.3 Å². The van der Waals surface area contributed by atoms with Crippen molar-refractivity contribution in [2.45, 2.75) is 6.42 Å². The van der Waals surface area contributed by atoms with Gasteiger partial charge in [0.1, 0.15) is 17.3 Å². The molecular formula is C19H16F2N2O4. The van der Waals surface area contributed by atoms with Crippen LogP contribution < -0.4 is 10.2 Å². The minimum absolute atomic E-state index is 0.162. The summed E-state index contributed by atoms with van der Waals surface area (Å²) >= 11 is 0. The highest BCUT2D eigenvalue weighted by atomic mass is 19.1. The summed E-state index contributed by atoms with van der Waals surface area (Å²) in [5.41, 5.74) is -0.0697. The first-order valence-electron chi connectivity index (χ1n) is 8.15. The Morgan fingerprint density at radius 3 is 2.44 bits per heavy atom. The summed E-state index contributed by atoms with van der Waals surface area (Å²) in [6.07, 6.45) is -0.194. The van der Waals surface area contributed by atoms with E-state index in [1.54, 1.807) is 12.1 Å². The van der Waals surface area contributed by atoms with Crippen molar-refractivity contribution in [2.75, 3.05) is 23.9 Å². The molecule has 2 aromatic carbocycles. The van der Waals surface area contributed by atoms with E-state index in [9.17, 15) is 23.2 Å². The van der Waals surface area contributed by atoms with Crippen LogP contribution in [0.1, 0.15) is 16.8 Å². The molecule has 1 fully saturated rings. The van der Waals surface area contributed by atoms with Crippen LogP contribution in [-0.2, 0) is 14.3 Å².